The quantitative estimate of drug-likeness (QED) is 0.667. The first-order chi connectivity index (χ1) is 8.24. The van der Waals surface area contributed by atoms with Gasteiger partial charge < -0.3 is 5.73 Å². The highest BCUT2D eigenvalue weighted by Gasteiger charge is 2.05. The Morgan fingerprint density at radius 3 is 2.88 bits per heavy atom. The average Bonchev–Trinajstić information content (AvgIpc) is 2.71. The van der Waals surface area contributed by atoms with E-state index in [0.717, 1.165) is 22.6 Å². The van der Waals surface area contributed by atoms with E-state index in [9.17, 15) is 0 Å². The fourth-order valence-electron chi connectivity index (χ4n) is 1.87. The van der Waals surface area contributed by atoms with E-state index in [4.69, 9.17) is 17.3 Å². The Balaban J connectivity index is 2.24. The number of aromatic nitrogens is 2. The molecule has 0 aliphatic heterocycles. The Hall–Kier alpha value is -2.00. The molecule has 3 aromatic rings. The highest BCUT2D eigenvalue weighted by atomic mass is 35.5. The molecule has 0 unspecified atom stereocenters. The minimum Gasteiger partial charge on any atom is -0.399 e. The van der Waals surface area contributed by atoms with Gasteiger partial charge in [-0.05, 0) is 18.2 Å². The lowest BCUT2D eigenvalue weighted by atomic mass is 10.1. The number of anilines is 1. The molecule has 2 heterocycles. The van der Waals surface area contributed by atoms with Gasteiger partial charge in [0.25, 0.3) is 0 Å². The van der Waals surface area contributed by atoms with Crippen LogP contribution in [0.3, 0.4) is 0 Å². The average molecular weight is 244 g/mol. The van der Waals surface area contributed by atoms with E-state index in [0.29, 0.717) is 5.02 Å². The molecule has 3 rings (SSSR count). The van der Waals surface area contributed by atoms with Crippen molar-refractivity contribution in [3.05, 3.63) is 53.8 Å². The largest absolute Gasteiger partial charge is 0.399 e. The summed E-state index contributed by atoms with van der Waals surface area (Å²) in [5.41, 5.74) is 9.40. The standard InChI is InChI=1S/C13H10ClN3/c14-10-4-5-17-12(8-16-13(17)7-10)9-2-1-3-11(15)6-9/h1-8H,15H2. The van der Waals surface area contributed by atoms with Gasteiger partial charge in [-0.2, -0.15) is 0 Å². The summed E-state index contributed by atoms with van der Waals surface area (Å²) in [6.07, 6.45) is 3.73. The molecule has 0 radical (unpaired) electrons. The van der Waals surface area contributed by atoms with Crippen LogP contribution in [0.1, 0.15) is 0 Å². The Labute approximate surface area is 103 Å². The van der Waals surface area contributed by atoms with Crippen molar-refractivity contribution in [2.24, 2.45) is 0 Å². The predicted octanol–water partition coefficient (Wildman–Crippen LogP) is 3.24. The van der Waals surface area contributed by atoms with Gasteiger partial charge in [0.1, 0.15) is 5.65 Å². The van der Waals surface area contributed by atoms with Crippen molar-refractivity contribution in [3.63, 3.8) is 0 Å². The molecule has 0 saturated heterocycles. The molecular formula is C13H10ClN3. The molecule has 17 heavy (non-hydrogen) atoms. The zero-order valence-electron chi connectivity index (χ0n) is 8.97. The van der Waals surface area contributed by atoms with Gasteiger partial charge >= 0.3 is 0 Å². The third-order valence-corrected chi connectivity index (χ3v) is 2.89. The smallest absolute Gasteiger partial charge is 0.138 e. The summed E-state index contributed by atoms with van der Waals surface area (Å²) >= 11 is 5.93. The summed E-state index contributed by atoms with van der Waals surface area (Å²) in [6, 6.07) is 11.4. The van der Waals surface area contributed by atoms with Crippen molar-refractivity contribution in [1.29, 1.82) is 0 Å². The summed E-state index contributed by atoms with van der Waals surface area (Å²) in [7, 11) is 0. The van der Waals surface area contributed by atoms with Gasteiger partial charge in [0, 0.05) is 28.5 Å². The molecule has 0 atom stereocenters. The lowest BCUT2D eigenvalue weighted by Gasteiger charge is -2.03. The van der Waals surface area contributed by atoms with Crippen LogP contribution in [0.5, 0.6) is 0 Å². The first-order valence-corrected chi connectivity index (χ1v) is 5.60. The van der Waals surface area contributed by atoms with Crippen molar-refractivity contribution in [3.8, 4) is 11.3 Å². The number of pyridine rings is 1. The summed E-state index contributed by atoms with van der Waals surface area (Å²) in [4.78, 5) is 4.32. The molecule has 4 heteroatoms. The molecule has 0 amide bonds. The third-order valence-electron chi connectivity index (χ3n) is 2.66. The van der Waals surface area contributed by atoms with E-state index in [-0.39, 0.29) is 0 Å². The van der Waals surface area contributed by atoms with Crippen molar-refractivity contribution in [2.75, 3.05) is 5.73 Å². The van der Waals surface area contributed by atoms with Gasteiger partial charge in [0.2, 0.25) is 0 Å². The second-order valence-corrected chi connectivity index (χ2v) is 4.28. The van der Waals surface area contributed by atoms with E-state index >= 15 is 0 Å². The molecule has 0 aliphatic rings. The molecule has 3 nitrogen and oxygen atoms in total. The fourth-order valence-corrected chi connectivity index (χ4v) is 2.02. The molecule has 84 valence electrons. The molecule has 0 saturated carbocycles. The Morgan fingerprint density at radius 1 is 1.18 bits per heavy atom. The lowest BCUT2D eigenvalue weighted by Crippen LogP contribution is -1.89. The number of hydrogen-bond donors (Lipinski definition) is 1. The lowest BCUT2D eigenvalue weighted by molar-refractivity contribution is 1.19. The summed E-state index contributed by atoms with van der Waals surface area (Å²) in [6.45, 7) is 0. The summed E-state index contributed by atoms with van der Waals surface area (Å²) < 4.78 is 1.99. The second kappa shape index (κ2) is 3.79. The molecule has 1 aromatic carbocycles. The molecule has 2 N–H and O–H groups in total. The number of nitrogen functional groups attached to an aromatic ring is 1. The maximum absolute atomic E-state index is 5.93. The number of halogens is 1. The van der Waals surface area contributed by atoms with Gasteiger partial charge in [-0.15, -0.1) is 0 Å². The highest BCUT2D eigenvalue weighted by Crippen LogP contribution is 2.23. The molecule has 0 fully saturated rings. The van der Waals surface area contributed by atoms with E-state index in [1.165, 1.54) is 0 Å². The number of hydrogen-bond acceptors (Lipinski definition) is 2. The maximum atomic E-state index is 5.93. The first-order valence-electron chi connectivity index (χ1n) is 5.22. The van der Waals surface area contributed by atoms with Crippen molar-refractivity contribution < 1.29 is 0 Å². The molecule has 0 aliphatic carbocycles. The number of fused-ring (bicyclic) bond motifs is 1. The van der Waals surface area contributed by atoms with Crippen LogP contribution >= 0.6 is 11.6 Å². The maximum Gasteiger partial charge on any atom is 0.138 e. The van der Waals surface area contributed by atoms with Crippen LogP contribution in [0.15, 0.2) is 48.8 Å². The Kier molecular flexibility index (Phi) is 2.27. The van der Waals surface area contributed by atoms with E-state index < -0.39 is 0 Å². The minimum absolute atomic E-state index is 0.683. The van der Waals surface area contributed by atoms with Crippen LogP contribution in [-0.4, -0.2) is 9.38 Å². The minimum atomic E-state index is 0.683. The Morgan fingerprint density at radius 2 is 2.06 bits per heavy atom. The van der Waals surface area contributed by atoms with Crippen LogP contribution in [0.2, 0.25) is 5.02 Å². The van der Waals surface area contributed by atoms with Crippen LogP contribution in [-0.2, 0) is 0 Å². The van der Waals surface area contributed by atoms with E-state index in [1.54, 1.807) is 0 Å². The van der Waals surface area contributed by atoms with Crippen molar-refractivity contribution >= 4 is 22.9 Å². The zero-order valence-corrected chi connectivity index (χ0v) is 9.72. The molecule has 0 spiro atoms. The van der Waals surface area contributed by atoms with Crippen molar-refractivity contribution in [1.82, 2.24) is 9.38 Å². The number of nitrogens with two attached hydrogens (primary N) is 1. The van der Waals surface area contributed by atoms with Gasteiger partial charge in [0.15, 0.2) is 0 Å². The van der Waals surface area contributed by atoms with Gasteiger partial charge in [-0.25, -0.2) is 4.98 Å². The van der Waals surface area contributed by atoms with Gasteiger partial charge in [0.05, 0.1) is 11.9 Å². The topological polar surface area (TPSA) is 43.3 Å². The first kappa shape index (κ1) is 10.2. The number of nitrogens with zero attached hydrogens (tertiary/aromatic N) is 2. The number of rotatable bonds is 1. The normalized spacial score (nSPS) is 10.9. The molecule has 0 bridgehead atoms. The fraction of sp³-hybridized carbons (Fsp3) is 0. The monoisotopic (exact) mass is 243 g/mol. The van der Waals surface area contributed by atoms with Crippen LogP contribution in [0.25, 0.3) is 16.9 Å². The zero-order chi connectivity index (χ0) is 11.8. The summed E-state index contributed by atoms with van der Waals surface area (Å²) in [5, 5.41) is 0.683. The predicted molar refractivity (Wildman–Crippen MR) is 70.1 cm³/mol. The van der Waals surface area contributed by atoms with Crippen LogP contribution in [0.4, 0.5) is 5.69 Å². The Bertz CT molecular complexity index is 688. The number of benzene rings is 1. The van der Waals surface area contributed by atoms with Crippen molar-refractivity contribution in [2.45, 2.75) is 0 Å². The van der Waals surface area contributed by atoms with Gasteiger partial charge in [-0.3, -0.25) is 4.40 Å². The highest BCUT2D eigenvalue weighted by molar-refractivity contribution is 6.30. The number of imidazole rings is 1. The van der Waals surface area contributed by atoms with E-state index in [1.807, 2.05) is 53.2 Å². The SMILES string of the molecule is Nc1cccc(-c2cnc3cc(Cl)ccn23)c1. The van der Waals surface area contributed by atoms with Crippen LogP contribution in [0, 0.1) is 0 Å². The summed E-state index contributed by atoms with van der Waals surface area (Å²) in [5.74, 6) is 0. The third kappa shape index (κ3) is 1.74. The molecular weight excluding hydrogens is 234 g/mol. The van der Waals surface area contributed by atoms with Gasteiger partial charge in [-0.1, -0.05) is 23.7 Å². The molecule has 2 aromatic heterocycles. The van der Waals surface area contributed by atoms with E-state index in [2.05, 4.69) is 4.98 Å². The van der Waals surface area contributed by atoms with Crippen LogP contribution < -0.4 is 5.73 Å². The second-order valence-electron chi connectivity index (χ2n) is 3.84.